The van der Waals surface area contributed by atoms with Crippen LogP contribution in [0.5, 0.6) is 0 Å². The molecule has 1 aromatic carbocycles. The summed E-state index contributed by atoms with van der Waals surface area (Å²) in [5.41, 5.74) is 1.34. The Hall–Kier alpha value is -2.01. The van der Waals surface area contributed by atoms with E-state index < -0.39 is 12.0 Å². The highest BCUT2D eigenvalue weighted by molar-refractivity contribution is 6.30. The van der Waals surface area contributed by atoms with Crippen molar-refractivity contribution in [2.75, 3.05) is 0 Å². The van der Waals surface area contributed by atoms with Gasteiger partial charge in [0.25, 0.3) is 0 Å². The van der Waals surface area contributed by atoms with Crippen LogP contribution in [-0.2, 0) is 4.79 Å². The van der Waals surface area contributed by atoms with Crippen molar-refractivity contribution in [2.24, 2.45) is 0 Å². The van der Waals surface area contributed by atoms with E-state index in [0.717, 1.165) is 24.1 Å². The molecule has 0 spiro atoms. The van der Waals surface area contributed by atoms with Crippen LogP contribution in [0.2, 0.25) is 5.02 Å². The van der Waals surface area contributed by atoms with Crippen LogP contribution in [-0.4, -0.2) is 20.2 Å². The van der Waals surface area contributed by atoms with Gasteiger partial charge in [-0.15, -0.1) is 0 Å². The van der Waals surface area contributed by atoms with E-state index in [9.17, 15) is 9.59 Å². The normalized spacial score (nSPS) is 15.9. The number of nitrogens with zero attached hydrogens (tertiary/aromatic N) is 2. The van der Waals surface area contributed by atoms with E-state index in [1.165, 1.54) is 11.5 Å². The minimum absolute atomic E-state index is 0.172. The standard InChI is InChI=1S/C15H15ClN2O3/c1-9(14(19)20)17-8-13(10-2-4-11(16)5-3-10)18(15(17)21)12-6-7-12/h2-5,8-9,12H,6-7H2,1H3,(H,19,20). The first kappa shape index (κ1) is 13.9. The number of carboxylic acid groups (broad SMARTS) is 1. The van der Waals surface area contributed by atoms with Gasteiger partial charge in [-0.1, -0.05) is 23.7 Å². The molecule has 3 rings (SSSR count). The second kappa shape index (κ2) is 5.07. The van der Waals surface area contributed by atoms with E-state index in [2.05, 4.69) is 0 Å². The van der Waals surface area contributed by atoms with Gasteiger partial charge in [-0.2, -0.15) is 0 Å². The fraction of sp³-hybridized carbons (Fsp3) is 0.333. The summed E-state index contributed by atoms with van der Waals surface area (Å²) in [5, 5.41) is 9.76. The molecular formula is C15H15ClN2O3. The van der Waals surface area contributed by atoms with E-state index in [1.54, 1.807) is 22.9 Å². The number of benzene rings is 1. The summed E-state index contributed by atoms with van der Waals surface area (Å²) in [6, 6.07) is 6.49. The molecule has 1 N–H and O–H groups in total. The first-order valence-corrected chi connectivity index (χ1v) is 7.19. The van der Waals surface area contributed by atoms with Crippen LogP contribution in [0.25, 0.3) is 11.3 Å². The monoisotopic (exact) mass is 306 g/mol. The fourth-order valence-electron chi connectivity index (χ4n) is 2.39. The van der Waals surface area contributed by atoms with Crippen LogP contribution < -0.4 is 5.69 Å². The average Bonchev–Trinajstić information content (AvgIpc) is 3.22. The van der Waals surface area contributed by atoms with Crippen LogP contribution in [0.1, 0.15) is 31.8 Å². The zero-order valence-corrected chi connectivity index (χ0v) is 12.2. The molecule has 0 amide bonds. The van der Waals surface area contributed by atoms with E-state index >= 15 is 0 Å². The summed E-state index contributed by atoms with van der Waals surface area (Å²) < 4.78 is 2.98. The van der Waals surface area contributed by atoms with Crippen LogP contribution in [0.15, 0.2) is 35.3 Å². The predicted octanol–water partition coefficient (Wildman–Crippen LogP) is 2.95. The second-order valence-corrected chi connectivity index (χ2v) is 5.76. The third kappa shape index (κ3) is 2.49. The molecular weight excluding hydrogens is 292 g/mol. The zero-order valence-electron chi connectivity index (χ0n) is 11.5. The number of rotatable bonds is 4. The number of halogens is 1. The summed E-state index contributed by atoms with van der Waals surface area (Å²) >= 11 is 5.89. The summed E-state index contributed by atoms with van der Waals surface area (Å²) in [6.07, 6.45) is 3.53. The van der Waals surface area contributed by atoms with E-state index in [0.29, 0.717) is 5.02 Å². The van der Waals surface area contributed by atoms with Gasteiger partial charge in [0.15, 0.2) is 0 Å². The van der Waals surface area contributed by atoms with Gasteiger partial charge in [0.05, 0.1) is 5.69 Å². The van der Waals surface area contributed by atoms with Gasteiger partial charge in [0.1, 0.15) is 6.04 Å². The van der Waals surface area contributed by atoms with Crippen molar-refractivity contribution in [1.82, 2.24) is 9.13 Å². The van der Waals surface area contributed by atoms with Gasteiger partial charge >= 0.3 is 11.7 Å². The van der Waals surface area contributed by atoms with Crippen LogP contribution >= 0.6 is 11.6 Å². The van der Waals surface area contributed by atoms with Crippen molar-refractivity contribution in [3.63, 3.8) is 0 Å². The second-order valence-electron chi connectivity index (χ2n) is 5.33. The van der Waals surface area contributed by atoms with Gasteiger partial charge in [-0.3, -0.25) is 9.13 Å². The molecule has 1 fully saturated rings. The number of hydrogen-bond acceptors (Lipinski definition) is 2. The molecule has 1 saturated carbocycles. The molecule has 1 aliphatic rings. The van der Waals surface area contributed by atoms with Crippen molar-refractivity contribution >= 4 is 17.6 Å². The van der Waals surface area contributed by atoms with Crippen molar-refractivity contribution in [2.45, 2.75) is 31.8 Å². The Morgan fingerprint density at radius 1 is 1.33 bits per heavy atom. The largest absolute Gasteiger partial charge is 0.480 e. The molecule has 1 aliphatic carbocycles. The number of hydrogen-bond donors (Lipinski definition) is 1. The lowest BCUT2D eigenvalue weighted by atomic mass is 10.1. The van der Waals surface area contributed by atoms with Crippen LogP contribution in [0.4, 0.5) is 0 Å². The number of imidazole rings is 1. The van der Waals surface area contributed by atoms with Gasteiger partial charge in [0.2, 0.25) is 0 Å². The molecule has 6 heteroatoms. The van der Waals surface area contributed by atoms with E-state index in [4.69, 9.17) is 16.7 Å². The molecule has 1 atom stereocenters. The third-order valence-electron chi connectivity index (χ3n) is 3.77. The highest BCUT2D eigenvalue weighted by Crippen LogP contribution is 2.37. The van der Waals surface area contributed by atoms with Crippen molar-refractivity contribution in [1.29, 1.82) is 0 Å². The first-order valence-electron chi connectivity index (χ1n) is 6.81. The molecule has 0 radical (unpaired) electrons. The Balaban J connectivity index is 2.15. The SMILES string of the molecule is CC(C(=O)O)n1cc(-c2ccc(Cl)cc2)n(C2CC2)c1=O. The fourth-order valence-corrected chi connectivity index (χ4v) is 2.52. The van der Waals surface area contributed by atoms with E-state index in [1.807, 2.05) is 12.1 Å². The molecule has 0 bridgehead atoms. The molecule has 1 unspecified atom stereocenters. The summed E-state index contributed by atoms with van der Waals surface area (Å²) in [7, 11) is 0. The Morgan fingerprint density at radius 3 is 2.48 bits per heavy atom. The molecule has 2 aromatic rings. The molecule has 1 heterocycles. The number of carbonyl (C=O) groups is 1. The molecule has 1 aromatic heterocycles. The summed E-state index contributed by atoms with van der Waals surface area (Å²) in [6.45, 7) is 1.51. The number of carboxylic acids is 1. The minimum Gasteiger partial charge on any atom is -0.480 e. The van der Waals surface area contributed by atoms with Crippen molar-refractivity contribution in [3.8, 4) is 11.3 Å². The highest BCUT2D eigenvalue weighted by atomic mass is 35.5. The average molecular weight is 307 g/mol. The van der Waals surface area contributed by atoms with Gasteiger partial charge in [-0.05, 0) is 37.5 Å². The quantitative estimate of drug-likeness (QED) is 0.944. The molecule has 0 aliphatic heterocycles. The Morgan fingerprint density at radius 2 is 1.95 bits per heavy atom. The maximum Gasteiger partial charge on any atom is 0.329 e. The van der Waals surface area contributed by atoms with Gasteiger partial charge in [0, 0.05) is 17.3 Å². The van der Waals surface area contributed by atoms with E-state index in [-0.39, 0.29) is 11.7 Å². The number of aliphatic carboxylic acids is 1. The van der Waals surface area contributed by atoms with Crippen LogP contribution in [0.3, 0.4) is 0 Å². The molecule has 0 saturated heterocycles. The summed E-state index contributed by atoms with van der Waals surface area (Å²) in [4.78, 5) is 23.6. The third-order valence-corrected chi connectivity index (χ3v) is 4.03. The zero-order chi connectivity index (χ0) is 15.1. The van der Waals surface area contributed by atoms with Gasteiger partial charge in [-0.25, -0.2) is 9.59 Å². The van der Waals surface area contributed by atoms with Gasteiger partial charge < -0.3 is 5.11 Å². The molecule has 5 nitrogen and oxygen atoms in total. The highest BCUT2D eigenvalue weighted by Gasteiger charge is 2.31. The summed E-state index contributed by atoms with van der Waals surface area (Å²) in [5.74, 6) is -1.02. The predicted molar refractivity (Wildman–Crippen MR) is 79.8 cm³/mol. The maximum atomic E-state index is 12.5. The Labute approximate surface area is 126 Å². The lowest BCUT2D eigenvalue weighted by Gasteiger charge is -2.05. The Bertz CT molecular complexity index is 741. The maximum absolute atomic E-state index is 12.5. The topological polar surface area (TPSA) is 64.2 Å². The lowest BCUT2D eigenvalue weighted by Crippen LogP contribution is -2.29. The number of aromatic nitrogens is 2. The van der Waals surface area contributed by atoms with Crippen LogP contribution in [0, 0.1) is 0 Å². The minimum atomic E-state index is -1.02. The molecule has 110 valence electrons. The van der Waals surface area contributed by atoms with Crippen molar-refractivity contribution in [3.05, 3.63) is 46.0 Å². The smallest absolute Gasteiger partial charge is 0.329 e. The first-order chi connectivity index (χ1) is 9.99. The molecule has 21 heavy (non-hydrogen) atoms. The van der Waals surface area contributed by atoms with Crippen molar-refractivity contribution < 1.29 is 9.90 Å². The lowest BCUT2D eigenvalue weighted by molar-refractivity contribution is -0.140. The Kier molecular flexibility index (Phi) is 3.37.